The average Bonchev–Trinajstić information content (AvgIpc) is 2.33. The molecule has 1 unspecified atom stereocenters. The molecule has 0 aliphatic rings. The highest BCUT2D eigenvalue weighted by Crippen LogP contribution is 2.21. The lowest BCUT2D eigenvalue weighted by molar-refractivity contribution is 0.0598. The maximum Gasteiger partial charge on any atom is 0.126 e. The van der Waals surface area contributed by atoms with Crippen molar-refractivity contribution in [3.05, 3.63) is 35.4 Å². The number of hydrogen-bond donors (Lipinski definition) is 1. The average molecular weight is 300 g/mol. The molecule has 0 bridgehead atoms. The van der Waals surface area contributed by atoms with Crippen LogP contribution in [-0.4, -0.2) is 36.2 Å². The molecule has 0 aliphatic heterocycles. The molecule has 1 atom stereocenters. The van der Waals surface area contributed by atoms with Gasteiger partial charge in [-0.1, -0.05) is 20.8 Å². The summed E-state index contributed by atoms with van der Waals surface area (Å²) < 4.78 is 26.2. The largest absolute Gasteiger partial charge is 0.395 e. The van der Waals surface area contributed by atoms with E-state index < -0.39 is 17.7 Å². The highest BCUT2D eigenvalue weighted by atomic mass is 19.1. The van der Waals surface area contributed by atoms with Crippen LogP contribution in [0.25, 0.3) is 0 Å². The molecule has 0 spiro atoms. The van der Waals surface area contributed by atoms with E-state index in [1.165, 1.54) is 0 Å². The number of aliphatic hydroxyl groups is 1. The third-order valence-corrected chi connectivity index (χ3v) is 3.08. The number of benzene rings is 1. The maximum absolute atomic E-state index is 13.1. The van der Waals surface area contributed by atoms with E-state index >= 15 is 0 Å². The molecule has 1 aromatic carbocycles. The molecular weight excluding hydrogens is 276 g/mol. The molecule has 0 aromatic heterocycles. The fourth-order valence-electron chi connectivity index (χ4n) is 2.31. The van der Waals surface area contributed by atoms with Crippen LogP contribution < -0.4 is 0 Å². The first-order valence-corrected chi connectivity index (χ1v) is 7.16. The lowest BCUT2D eigenvalue weighted by Crippen LogP contribution is -2.36. The fourth-order valence-corrected chi connectivity index (χ4v) is 2.31. The Balaban J connectivity index is 2.61. The molecule has 119 valence electrons. The van der Waals surface area contributed by atoms with Gasteiger partial charge in [0.2, 0.25) is 0 Å². The van der Waals surface area contributed by atoms with Crippen molar-refractivity contribution in [1.29, 1.82) is 0 Å². The van der Waals surface area contributed by atoms with Gasteiger partial charge in [0.05, 0.1) is 6.61 Å². The van der Waals surface area contributed by atoms with Crippen molar-refractivity contribution in [1.82, 2.24) is 4.90 Å². The maximum atomic E-state index is 13.1. The summed E-state index contributed by atoms with van der Waals surface area (Å²) in [4.78, 5) is 2.00. The van der Waals surface area contributed by atoms with Crippen LogP contribution in [0, 0.1) is 17.0 Å². The number of halogens is 2. The molecule has 0 saturated carbocycles. The SMILES string of the molecule is CC(C)(C)CN(CCO)CCC([O])c1cc(F)cc(F)c1. The van der Waals surface area contributed by atoms with Gasteiger partial charge < -0.3 is 10.0 Å². The van der Waals surface area contributed by atoms with E-state index in [9.17, 15) is 13.9 Å². The van der Waals surface area contributed by atoms with E-state index in [-0.39, 0.29) is 24.0 Å². The van der Waals surface area contributed by atoms with Gasteiger partial charge in [-0.2, -0.15) is 0 Å². The molecule has 1 radical (unpaired) electrons. The zero-order valence-corrected chi connectivity index (χ0v) is 12.9. The highest BCUT2D eigenvalue weighted by molar-refractivity contribution is 5.20. The summed E-state index contributed by atoms with van der Waals surface area (Å²) in [6, 6.07) is 2.93. The van der Waals surface area contributed by atoms with E-state index in [2.05, 4.69) is 20.8 Å². The third-order valence-electron chi connectivity index (χ3n) is 3.08. The molecule has 3 nitrogen and oxygen atoms in total. The predicted octanol–water partition coefficient (Wildman–Crippen LogP) is 3.17. The summed E-state index contributed by atoms with van der Waals surface area (Å²) in [7, 11) is 0. The Hall–Kier alpha value is -1.04. The Morgan fingerprint density at radius 2 is 1.71 bits per heavy atom. The standard InChI is InChI=1S/C16H24F2NO2/c1-16(2,3)11-19(6-7-20)5-4-15(21)12-8-13(17)10-14(18)9-12/h8-10,15,20H,4-7,11H2,1-3H3. The van der Waals surface area contributed by atoms with Crippen LogP contribution in [0.3, 0.4) is 0 Å². The third kappa shape index (κ3) is 6.98. The molecule has 1 N–H and O–H groups in total. The molecule has 0 amide bonds. The molecule has 0 saturated heterocycles. The van der Waals surface area contributed by atoms with Gasteiger partial charge in [0.25, 0.3) is 0 Å². The van der Waals surface area contributed by atoms with E-state index in [1.54, 1.807) is 0 Å². The normalized spacial score (nSPS) is 13.7. The van der Waals surface area contributed by atoms with Crippen molar-refractivity contribution in [3.8, 4) is 0 Å². The lowest BCUT2D eigenvalue weighted by atomic mass is 9.95. The number of nitrogens with zero attached hydrogens (tertiary/aromatic N) is 1. The summed E-state index contributed by atoms with van der Waals surface area (Å²) in [6.45, 7) is 7.98. The van der Waals surface area contributed by atoms with Crippen LogP contribution in [0.5, 0.6) is 0 Å². The van der Waals surface area contributed by atoms with Crippen LogP contribution in [0.15, 0.2) is 18.2 Å². The summed E-state index contributed by atoms with van der Waals surface area (Å²) >= 11 is 0. The first-order valence-electron chi connectivity index (χ1n) is 7.16. The van der Waals surface area contributed by atoms with Crippen LogP contribution in [0.4, 0.5) is 8.78 Å². The number of aliphatic hydroxyl groups excluding tert-OH is 1. The van der Waals surface area contributed by atoms with Gasteiger partial charge in [-0.15, -0.1) is 0 Å². The smallest absolute Gasteiger partial charge is 0.126 e. The van der Waals surface area contributed by atoms with Crippen LogP contribution in [0.2, 0.25) is 0 Å². The molecule has 1 rings (SSSR count). The second-order valence-electron chi connectivity index (χ2n) is 6.54. The lowest BCUT2D eigenvalue weighted by Gasteiger charge is -2.29. The molecule has 21 heavy (non-hydrogen) atoms. The van der Waals surface area contributed by atoms with Crippen LogP contribution >= 0.6 is 0 Å². The fraction of sp³-hybridized carbons (Fsp3) is 0.625. The van der Waals surface area contributed by atoms with Gasteiger partial charge in [-0.05, 0) is 29.5 Å². The van der Waals surface area contributed by atoms with Gasteiger partial charge >= 0.3 is 0 Å². The van der Waals surface area contributed by atoms with Crippen LogP contribution in [0.1, 0.15) is 38.9 Å². The van der Waals surface area contributed by atoms with E-state index in [0.29, 0.717) is 13.1 Å². The first kappa shape index (κ1) is 18.0. The summed E-state index contributed by atoms with van der Waals surface area (Å²) in [6.07, 6.45) is -0.921. The van der Waals surface area contributed by atoms with Crippen LogP contribution in [-0.2, 0) is 5.11 Å². The highest BCUT2D eigenvalue weighted by Gasteiger charge is 2.18. The first-order chi connectivity index (χ1) is 9.71. The Labute approximate surface area is 125 Å². The minimum atomic E-state index is -1.17. The zero-order chi connectivity index (χ0) is 16.0. The van der Waals surface area contributed by atoms with E-state index in [1.807, 2.05) is 4.90 Å². The van der Waals surface area contributed by atoms with E-state index in [4.69, 9.17) is 5.11 Å². The van der Waals surface area contributed by atoms with Gasteiger partial charge in [-0.3, -0.25) is 0 Å². The topological polar surface area (TPSA) is 43.4 Å². The second-order valence-corrected chi connectivity index (χ2v) is 6.54. The van der Waals surface area contributed by atoms with Gasteiger partial charge in [0.15, 0.2) is 0 Å². The van der Waals surface area contributed by atoms with E-state index in [0.717, 1.165) is 24.7 Å². The van der Waals surface area contributed by atoms with Gasteiger partial charge in [0, 0.05) is 25.7 Å². The van der Waals surface area contributed by atoms with Crippen molar-refractivity contribution in [2.75, 3.05) is 26.2 Å². The molecular formula is C16H24F2NO2. The molecule has 5 heteroatoms. The summed E-state index contributed by atoms with van der Waals surface area (Å²) in [5.41, 5.74) is 0.186. The number of hydrogen-bond acceptors (Lipinski definition) is 2. The Morgan fingerprint density at radius 1 is 1.14 bits per heavy atom. The van der Waals surface area contributed by atoms with Gasteiger partial charge in [-0.25, -0.2) is 13.9 Å². The Kier molecular flexibility index (Phi) is 6.71. The van der Waals surface area contributed by atoms with Gasteiger partial charge in [0.1, 0.15) is 17.7 Å². The van der Waals surface area contributed by atoms with Crippen molar-refractivity contribution >= 4 is 0 Å². The zero-order valence-electron chi connectivity index (χ0n) is 12.9. The van der Waals surface area contributed by atoms with Crippen molar-refractivity contribution < 1.29 is 19.0 Å². The Bertz CT molecular complexity index is 426. The molecule has 0 aliphatic carbocycles. The summed E-state index contributed by atoms with van der Waals surface area (Å²) in [5, 5.41) is 21.2. The minimum absolute atomic E-state index is 0.0220. The van der Waals surface area contributed by atoms with Crippen molar-refractivity contribution in [2.45, 2.75) is 33.3 Å². The Morgan fingerprint density at radius 3 is 2.19 bits per heavy atom. The monoisotopic (exact) mass is 300 g/mol. The van der Waals surface area contributed by atoms with Crippen molar-refractivity contribution in [2.24, 2.45) is 5.41 Å². The molecule has 1 aromatic rings. The van der Waals surface area contributed by atoms with Crippen molar-refractivity contribution in [3.63, 3.8) is 0 Å². The second kappa shape index (κ2) is 7.82. The number of rotatable bonds is 7. The quantitative estimate of drug-likeness (QED) is 0.840. The molecule has 0 heterocycles. The summed E-state index contributed by atoms with van der Waals surface area (Å²) in [5.74, 6) is -1.46. The minimum Gasteiger partial charge on any atom is -0.395 e. The predicted molar refractivity (Wildman–Crippen MR) is 77.4 cm³/mol. The molecule has 0 fully saturated rings.